The maximum atomic E-state index is 13.5. The van der Waals surface area contributed by atoms with E-state index in [1.54, 1.807) is 7.11 Å². The highest BCUT2D eigenvalue weighted by Crippen LogP contribution is 2.47. The van der Waals surface area contributed by atoms with Crippen molar-refractivity contribution in [3.05, 3.63) is 101 Å². The molecule has 3 aromatic carbocycles. The number of carbonyl (C=O) groups excluding carboxylic acids is 1. The summed E-state index contributed by atoms with van der Waals surface area (Å²) in [6.45, 7) is 0. The highest BCUT2D eigenvalue weighted by molar-refractivity contribution is 6.00. The van der Waals surface area contributed by atoms with E-state index in [0.29, 0.717) is 29.9 Å². The third-order valence-electron chi connectivity index (χ3n) is 6.37. The molecule has 2 aliphatic rings. The van der Waals surface area contributed by atoms with E-state index in [2.05, 4.69) is 30.3 Å². The van der Waals surface area contributed by atoms with Gasteiger partial charge in [-0.3, -0.25) is 4.79 Å². The fraction of sp³-hybridized carbons (Fsp3) is 0.185. The fourth-order valence-corrected chi connectivity index (χ4v) is 4.86. The minimum absolute atomic E-state index is 0.00903. The minimum atomic E-state index is -0.532. The van der Waals surface area contributed by atoms with Crippen molar-refractivity contribution in [2.24, 2.45) is 5.73 Å². The molecular weight excluding hydrogens is 400 g/mol. The molecule has 5 rings (SSSR count). The van der Waals surface area contributed by atoms with Crippen molar-refractivity contribution >= 4 is 16.6 Å². The van der Waals surface area contributed by atoms with E-state index in [1.807, 2.05) is 42.5 Å². The Morgan fingerprint density at radius 1 is 1.03 bits per heavy atom. The molecule has 1 aliphatic carbocycles. The zero-order chi connectivity index (χ0) is 22.2. The molecule has 0 aromatic heterocycles. The Morgan fingerprint density at radius 3 is 2.53 bits per heavy atom. The molecule has 0 spiro atoms. The summed E-state index contributed by atoms with van der Waals surface area (Å²) >= 11 is 0. The summed E-state index contributed by atoms with van der Waals surface area (Å²) < 4.78 is 11.1. The Kier molecular flexibility index (Phi) is 4.91. The maximum absolute atomic E-state index is 13.5. The van der Waals surface area contributed by atoms with Crippen LogP contribution in [0.2, 0.25) is 0 Å². The van der Waals surface area contributed by atoms with E-state index in [9.17, 15) is 10.1 Å². The Hall–Kier alpha value is -4.04. The number of nitriles is 1. The minimum Gasteiger partial charge on any atom is -0.497 e. The lowest BCUT2D eigenvalue weighted by molar-refractivity contribution is -0.117. The molecule has 2 atom stereocenters. The van der Waals surface area contributed by atoms with Crippen LogP contribution in [-0.4, -0.2) is 12.9 Å². The van der Waals surface area contributed by atoms with Crippen LogP contribution < -0.4 is 10.5 Å². The largest absolute Gasteiger partial charge is 0.497 e. The normalized spacial score (nSPS) is 20.6. The van der Waals surface area contributed by atoms with Crippen molar-refractivity contribution in [1.82, 2.24) is 0 Å². The highest BCUT2D eigenvalue weighted by atomic mass is 16.5. The van der Waals surface area contributed by atoms with Gasteiger partial charge in [-0.1, -0.05) is 54.6 Å². The van der Waals surface area contributed by atoms with Gasteiger partial charge in [-0.25, -0.2) is 0 Å². The van der Waals surface area contributed by atoms with Crippen molar-refractivity contribution in [2.45, 2.75) is 24.7 Å². The number of methoxy groups -OCH3 is 1. The summed E-state index contributed by atoms with van der Waals surface area (Å²) in [5.41, 5.74) is 8.92. The van der Waals surface area contributed by atoms with Crippen LogP contribution in [0.3, 0.4) is 0 Å². The third kappa shape index (κ3) is 3.21. The molecule has 5 nitrogen and oxygen atoms in total. The average molecular weight is 422 g/mol. The van der Waals surface area contributed by atoms with Crippen LogP contribution in [0.5, 0.6) is 5.75 Å². The Labute approximate surface area is 186 Å². The van der Waals surface area contributed by atoms with Crippen molar-refractivity contribution in [1.29, 1.82) is 5.26 Å². The molecule has 158 valence electrons. The van der Waals surface area contributed by atoms with E-state index < -0.39 is 5.92 Å². The van der Waals surface area contributed by atoms with Crippen LogP contribution in [0, 0.1) is 11.3 Å². The number of rotatable bonds is 3. The second-order valence-electron chi connectivity index (χ2n) is 8.13. The number of hydrogen-bond donors (Lipinski definition) is 1. The first-order valence-electron chi connectivity index (χ1n) is 10.6. The second-order valence-corrected chi connectivity index (χ2v) is 8.13. The van der Waals surface area contributed by atoms with E-state index in [0.717, 1.165) is 21.9 Å². The van der Waals surface area contributed by atoms with Gasteiger partial charge in [0, 0.05) is 18.4 Å². The van der Waals surface area contributed by atoms with Gasteiger partial charge < -0.3 is 15.2 Å². The standard InChI is InChI=1S/C27H22N2O3/c1-31-19-11-9-17(10-12-19)25-22(15-28)27(29)32-24-14-18(13-23(30)26(24)25)21-8-4-6-16-5-2-3-7-20(16)21/h2-12,18,25H,13-14,29H2,1H3/t18-,25-/m0/s1. The highest BCUT2D eigenvalue weighted by Gasteiger charge is 2.41. The number of nitrogens with two attached hydrogens (primary N) is 1. The van der Waals surface area contributed by atoms with E-state index >= 15 is 0 Å². The summed E-state index contributed by atoms with van der Waals surface area (Å²) in [4.78, 5) is 13.5. The number of Topliss-reactive ketones (excluding diaryl/α,β-unsaturated/α-hetero) is 1. The summed E-state index contributed by atoms with van der Waals surface area (Å²) in [5, 5.41) is 12.1. The van der Waals surface area contributed by atoms with Crippen LogP contribution in [0.15, 0.2) is 89.5 Å². The van der Waals surface area contributed by atoms with Crippen LogP contribution in [-0.2, 0) is 9.53 Å². The monoisotopic (exact) mass is 422 g/mol. The van der Waals surface area contributed by atoms with Gasteiger partial charge in [0.05, 0.1) is 13.0 Å². The molecule has 0 fully saturated rings. The molecule has 3 aromatic rings. The lowest BCUT2D eigenvalue weighted by atomic mass is 9.73. The summed E-state index contributed by atoms with van der Waals surface area (Å²) in [7, 11) is 1.60. The molecule has 0 amide bonds. The zero-order valence-electron chi connectivity index (χ0n) is 17.7. The Balaban J connectivity index is 1.59. The first-order valence-corrected chi connectivity index (χ1v) is 10.6. The second kappa shape index (κ2) is 7.90. The molecular formula is C27H22N2O3. The van der Waals surface area contributed by atoms with Gasteiger partial charge in [0.25, 0.3) is 0 Å². The van der Waals surface area contributed by atoms with E-state index in [4.69, 9.17) is 15.2 Å². The van der Waals surface area contributed by atoms with E-state index in [-0.39, 0.29) is 23.2 Å². The average Bonchev–Trinajstić information content (AvgIpc) is 2.82. The van der Waals surface area contributed by atoms with E-state index in [1.165, 1.54) is 0 Å². The molecule has 0 saturated heterocycles. The topological polar surface area (TPSA) is 85.3 Å². The first kappa shape index (κ1) is 19.9. The van der Waals surface area contributed by atoms with Gasteiger partial charge in [0.1, 0.15) is 23.2 Å². The van der Waals surface area contributed by atoms with Crippen molar-refractivity contribution < 1.29 is 14.3 Å². The van der Waals surface area contributed by atoms with Crippen molar-refractivity contribution in [3.8, 4) is 11.8 Å². The third-order valence-corrected chi connectivity index (χ3v) is 6.37. The van der Waals surface area contributed by atoms with Gasteiger partial charge in [-0.2, -0.15) is 5.26 Å². The fourth-order valence-electron chi connectivity index (χ4n) is 4.86. The van der Waals surface area contributed by atoms with Crippen LogP contribution in [0.25, 0.3) is 10.8 Å². The van der Waals surface area contributed by atoms with Gasteiger partial charge in [0.2, 0.25) is 5.88 Å². The molecule has 0 unspecified atom stereocenters. The molecule has 0 bridgehead atoms. The van der Waals surface area contributed by atoms with Crippen LogP contribution >= 0.6 is 0 Å². The molecule has 1 aliphatic heterocycles. The number of hydrogen-bond acceptors (Lipinski definition) is 5. The van der Waals surface area contributed by atoms with Gasteiger partial charge in [0.15, 0.2) is 5.78 Å². The molecule has 0 saturated carbocycles. The molecule has 1 heterocycles. The number of carbonyl (C=O) groups is 1. The quantitative estimate of drug-likeness (QED) is 0.638. The number of ketones is 1. The van der Waals surface area contributed by atoms with Gasteiger partial charge in [-0.15, -0.1) is 0 Å². The number of ether oxygens (including phenoxy) is 2. The molecule has 32 heavy (non-hydrogen) atoms. The molecule has 0 radical (unpaired) electrons. The number of allylic oxidation sites excluding steroid dienone is 3. The lowest BCUT2D eigenvalue weighted by Gasteiger charge is -2.34. The number of benzene rings is 3. The van der Waals surface area contributed by atoms with Crippen LogP contribution in [0.1, 0.15) is 35.8 Å². The predicted molar refractivity (Wildman–Crippen MR) is 122 cm³/mol. The number of fused-ring (bicyclic) bond motifs is 1. The molecule has 5 heteroatoms. The lowest BCUT2D eigenvalue weighted by Crippen LogP contribution is -2.29. The van der Waals surface area contributed by atoms with Crippen LogP contribution in [0.4, 0.5) is 0 Å². The zero-order valence-corrected chi connectivity index (χ0v) is 17.7. The van der Waals surface area contributed by atoms with Gasteiger partial charge >= 0.3 is 0 Å². The van der Waals surface area contributed by atoms with Crippen molar-refractivity contribution in [3.63, 3.8) is 0 Å². The van der Waals surface area contributed by atoms with Crippen molar-refractivity contribution in [2.75, 3.05) is 7.11 Å². The number of nitrogens with zero attached hydrogens (tertiary/aromatic N) is 1. The van der Waals surface area contributed by atoms with Gasteiger partial charge in [-0.05, 0) is 39.9 Å². The maximum Gasteiger partial charge on any atom is 0.205 e. The summed E-state index contributed by atoms with van der Waals surface area (Å²) in [6.07, 6.45) is 0.919. The Morgan fingerprint density at radius 2 is 1.78 bits per heavy atom. The smallest absolute Gasteiger partial charge is 0.205 e. The first-order chi connectivity index (χ1) is 15.6. The SMILES string of the molecule is COc1ccc([C@H]2C(C#N)=C(N)OC3=C2C(=O)C[C@H](c2cccc4ccccc24)C3)cc1. The predicted octanol–water partition coefficient (Wildman–Crippen LogP) is 5.06. The summed E-state index contributed by atoms with van der Waals surface area (Å²) in [5.74, 6) is 0.785. The Bertz CT molecular complexity index is 1320. The molecule has 2 N–H and O–H groups in total. The summed E-state index contributed by atoms with van der Waals surface area (Å²) in [6, 6.07) is 23.9.